The first-order chi connectivity index (χ1) is 11.1. The van der Waals surface area contributed by atoms with E-state index in [4.69, 9.17) is 9.84 Å². The number of hydrogen-bond donors (Lipinski definition) is 1. The molecule has 5 nitrogen and oxygen atoms in total. The molecule has 1 amide bonds. The van der Waals surface area contributed by atoms with Gasteiger partial charge in [0.15, 0.2) is 0 Å². The molecule has 2 rings (SSSR count). The molecule has 0 aromatic heterocycles. The maximum absolute atomic E-state index is 13.6. The molecule has 1 aliphatic heterocycles. The highest BCUT2D eigenvalue weighted by molar-refractivity contribution is 5.78. The predicted octanol–water partition coefficient (Wildman–Crippen LogP) is 0.660. The molecule has 1 fully saturated rings. The van der Waals surface area contributed by atoms with Gasteiger partial charge in [0.1, 0.15) is 11.6 Å². The lowest BCUT2D eigenvalue weighted by Crippen LogP contribution is -2.44. The zero-order valence-corrected chi connectivity index (χ0v) is 13.0. The van der Waals surface area contributed by atoms with E-state index < -0.39 is 11.6 Å². The van der Waals surface area contributed by atoms with Crippen molar-refractivity contribution in [2.45, 2.75) is 6.42 Å². The molecule has 1 aliphatic rings. The summed E-state index contributed by atoms with van der Waals surface area (Å²) in [7, 11) is 0. The number of amides is 1. The molecule has 0 aliphatic carbocycles. The molecule has 7 heteroatoms. The lowest BCUT2D eigenvalue weighted by molar-refractivity contribution is -0.131. The summed E-state index contributed by atoms with van der Waals surface area (Å²) in [6, 6.07) is 3.07. The van der Waals surface area contributed by atoms with Gasteiger partial charge < -0.3 is 14.7 Å². The highest BCUT2D eigenvalue weighted by Crippen LogP contribution is 2.12. The topological polar surface area (TPSA) is 53.0 Å². The van der Waals surface area contributed by atoms with Crippen LogP contribution in [0.2, 0.25) is 0 Å². The van der Waals surface area contributed by atoms with E-state index in [2.05, 4.69) is 4.90 Å². The van der Waals surface area contributed by atoms with Crippen LogP contribution in [0.4, 0.5) is 8.78 Å². The second-order valence-electron chi connectivity index (χ2n) is 5.47. The molecule has 0 radical (unpaired) electrons. The predicted molar refractivity (Wildman–Crippen MR) is 81.0 cm³/mol. The smallest absolute Gasteiger partial charge is 0.227 e. The molecule has 0 atom stereocenters. The van der Waals surface area contributed by atoms with Crippen LogP contribution in [0.5, 0.6) is 0 Å². The number of hydrogen-bond acceptors (Lipinski definition) is 4. The average Bonchev–Trinajstić information content (AvgIpc) is 2.55. The van der Waals surface area contributed by atoms with Crippen LogP contribution in [0.3, 0.4) is 0 Å². The number of carbonyl (C=O) groups excluding carboxylic acids is 1. The minimum atomic E-state index is -0.600. The third kappa shape index (κ3) is 5.53. The maximum atomic E-state index is 13.6. The summed E-state index contributed by atoms with van der Waals surface area (Å²) in [4.78, 5) is 16.0. The van der Waals surface area contributed by atoms with Crippen LogP contribution >= 0.6 is 0 Å². The van der Waals surface area contributed by atoms with Gasteiger partial charge in [-0.2, -0.15) is 0 Å². The molecule has 1 aromatic carbocycles. The zero-order chi connectivity index (χ0) is 16.7. The Labute approximate surface area is 134 Å². The first-order valence-electron chi connectivity index (χ1n) is 7.73. The van der Waals surface area contributed by atoms with E-state index in [-0.39, 0.29) is 31.0 Å². The number of aliphatic hydroxyl groups excluding tert-OH is 1. The van der Waals surface area contributed by atoms with Crippen LogP contribution in [0.1, 0.15) is 5.56 Å². The monoisotopic (exact) mass is 328 g/mol. The summed E-state index contributed by atoms with van der Waals surface area (Å²) in [5, 5.41) is 9.13. The van der Waals surface area contributed by atoms with E-state index in [0.29, 0.717) is 26.3 Å². The zero-order valence-electron chi connectivity index (χ0n) is 13.0. The van der Waals surface area contributed by atoms with E-state index in [9.17, 15) is 13.6 Å². The average molecular weight is 328 g/mol. The minimum Gasteiger partial charge on any atom is -0.395 e. The van der Waals surface area contributed by atoms with Crippen LogP contribution in [-0.2, 0) is 16.0 Å². The largest absolute Gasteiger partial charge is 0.395 e. The van der Waals surface area contributed by atoms with Crippen LogP contribution < -0.4 is 0 Å². The first kappa shape index (κ1) is 17.8. The molecule has 0 saturated carbocycles. The van der Waals surface area contributed by atoms with E-state index in [1.807, 2.05) is 0 Å². The quantitative estimate of drug-likeness (QED) is 0.799. The second kappa shape index (κ2) is 8.90. The summed E-state index contributed by atoms with van der Waals surface area (Å²) in [6.45, 7) is 4.07. The van der Waals surface area contributed by atoms with Gasteiger partial charge in [-0.25, -0.2) is 8.78 Å². The SMILES string of the molecule is O=C(Cc1cc(F)ccc1F)N(CCO)CCN1CCOCC1. The number of rotatable bonds is 7. The van der Waals surface area contributed by atoms with Crippen LogP contribution in [-0.4, -0.2) is 73.4 Å². The standard InChI is InChI=1S/C16H22F2N2O3/c17-14-1-2-15(18)13(11-14)12-16(22)20(5-8-21)4-3-19-6-9-23-10-7-19/h1-2,11,21H,3-10,12H2. The van der Waals surface area contributed by atoms with Gasteiger partial charge in [-0.05, 0) is 18.2 Å². The third-order valence-corrected chi connectivity index (χ3v) is 3.86. The lowest BCUT2D eigenvalue weighted by Gasteiger charge is -2.30. The Balaban J connectivity index is 1.92. The molecule has 23 heavy (non-hydrogen) atoms. The number of benzene rings is 1. The van der Waals surface area contributed by atoms with E-state index in [0.717, 1.165) is 31.3 Å². The normalized spacial score (nSPS) is 15.6. The van der Waals surface area contributed by atoms with Crippen molar-refractivity contribution in [3.8, 4) is 0 Å². The van der Waals surface area contributed by atoms with Crippen molar-refractivity contribution < 1.29 is 23.4 Å². The molecule has 1 saturated heterocycles. The van der Waals surface area contributed by atoms with Crippen LogP contribution in [0, 0.1) is 11.6 Å². The molecular weight excluding hydrogens is 306 g/mol. The number of halogens is 2. The highest BCUT2D eigenvalue weighted by Gasteiger charge is 2.18. The van der Waals surface area contributed by atoms with Gasteiger partial charge in [0.05, 0.1) is 26.2 Å². The number of aliphatic hydroxyl groups is 1. The summed E-state index contributed by atoms with van der Waals surface area (Å²) >= 11 is 0. The fraction of sp³-hybridized carbons (Fsp3) is 0.562. The Morgan fingerprint density at radius 3 is 2.70 bits per heavy atom. The van der Waals surface area contributed by atoms with Crippen molar-refractivity contribution in [2.24, 2.45) is 0 Å². The van der Waals surface area contributed by atoms with E-state index in [1.54, 1.807) is 0 Å². The van der Waals surface area contributed by atoms with Gasteiger partial charge in [0, 0.05) is 38.3 Å². The Bertz CT molecular complexity index is 522. The number of ether oxygens (including phenoxy) is 1. The minimum absolute atomic E-state index is 0.0318. The Morgan fingerprint density at radius 2 is 2.00 bits per heavy atom. The molecule has 128 valence electrons. The van der Waals surface area contributed by atoms with Crippen molar-refractivity contribution in [1.82, 2.24) is 9.80 Å². The fourth-order valence-electron chi connectivity index (χ4n) is 2.52. The van der Waals surface area contributed by atoms with Gasteiger partial charge >= 0.3 is 0 Å². The molecule has 1 heterocycles. The molecule has 0 unspecified atom stereocenters. The van der Waals surface area contributed by atoms with Gasteiger partial charge in [0.25, 0.3) is 0 Å². The summed E-state index contributed by atoms with van der Waals surface area (Å²) < 4.78 is 32.1. The second-order valence-corrected chi connectivity index (χ2v) is 5.47. The number of morpholine rings is 1. The summed E-state index contributed by atoms with van der Waals surface area (Å²) in [5.41, 5.74) is 0.0318. The molecule has 1 N–H and O–H groups in total. The highest BCUT2D eigenvalue weighted by atomic mass is 19.1. The van der Waals surface area contributed by atoms with Crippen molar-refractivity contribution in [3.63, 3.8) is 0 Å². The molecule has 0 bridgehead atoms. The Kier molecular flexibility index (Phi) is 6.88. The maximum Gasteiger partial charge on any atom is 0.227 e. The van der Waals surface area contributed by atoms with Crippen molar-refractivity contribution in [2.75, 3.05) is 52.5 Å². The van der Waals surface area contributed by atoms with Crippen molar-refractivity contribution >= 4 is 5.91 Å². The molecular formula is C16H22F2N2O3. The third-order valence-electron chi connectivity index (χ3n) is 3.86. The summed E-state index contributed by atoms with van der Waals surface area (Å²) in [6.07, 6.45) is -0.216. The van der Waals surface area contributed by atoms with Crippen molar-refractivity contribution in [1.29, 1.82) is 0 Å². The first-order valence-corrected chi connectivity index (χ1v) is 7.73. The van der Waals surface area contributed by atoms with Crippen LogP contribution in [0.15, 0.2) is 18.2 Å². The molecule has 0 spiro atoms. The van der Waals surface area contributed by atoms with Gasteiger partial charge in [-0.3, -0.25) is 9.69 Å². The van der Waals surface area contributed by atoms with Crippen molar-refractivity contribution in [3.05, 3.63) is 35.4 Å². The Morgan fingerprint density at radius 1 is 1.26 bits per heavy atom. The Hall–Kier alpha value is -1.57. The summed E-state index contributed by atoms with van der Waals surface area (Å²) in [5.74, 6) is -1.50. The number of carbonyl (C=O) groups is 1. The molecule has 1 aromatic rings. The van der Waals surface area contributed by atoms with E-state index in [1.165, 1.54) is 4.90 Å². The van der Waals surface area contributed by atoms with E-state index >= 15 is 0 Å². The van der Waals surface area contributed by atoms with Gasteiger partial charge in [-0.15, -0.1) is 0 Å². The van der Waals surface area contributed by atoms with Gasteiger partial charge in [0.2, 0.25) is 5.91 Å². The van der Waals surface area contributed by atoms with Crippen LogP contribution in [0.25, 0.3) is 0 Å². The van der Waals surface area contributed by atoms with Gasteiger partial charge in [-0.1, -0.05) is 0 Å². The number of nitrogens with zero attached hydrogens (tertiary/aromatic N) is 2. The lowest BCUT2D eigenvalue weighted by atomic mass is 10.1. The fourth-order valence-corrected chi connectivity index (χ4v) is 2.52.